The van der Waals surface area contributed by atoms with Crippen LogP contribution in [0.3, 0.4) is 0 Å². The van der Waals surface area contributed by atoms with E-state index in [-0.39, 0.29) is 0 Å². The highest BCUT2D eigenvalue weighted by Crippen LogP contribution is 2.29. The molecule has 0 aliphatic heterocycles. The predicted octanol–water partition coefficient (Wildman–Crippen LogP) is 4.45. The van der Waals surface area contributed by atoms with Crippen molar-refractivity contribution in [2.75, 3.05) is 0 Å². The topological polar surface area (TPSA) is 38.0 Å². The van der Waals surface area contributed by atoms with Gasteiger partial charge in [0.1, 0.15) is 0 Å². The fourth-order valence-electron chi connectivity index (χ4n) is 2.08. The number of rotatable bonds is 4. The van der Waals surface area contributed by atoms with Crippen LogP contribution in [-0.4, -0.2) is 14.9 Å². The van der Waals surface area contributed by atoms with Gasteiger partial charge in [-0.25, -0.2) is 0 Å². The van der Waals surface area contributed by atoms with Crippen LogP contribution in [0.15, 0.2) is 18.2 Å². The first kappa shape index (κ1) is 15.6. The molecule has 2 rings (SSSR count). The number of halogens is 3. The van der Waals surface area contributed by atoms with Gasteiger partial charge in [-0.05, 0) is 31.5 Å². The molecule has 108 valence electrons. The smallest absolute Gasteiger partial charge is 0.0848 e. The maximum atomic E-state index is 10.3. The van der Waals surface area contributed by atoms with E-state index >= 15 is 0 Å². The highest BCUT2D eigenvalue weighted by atomic mass is 35.5. The third-order valence-corrected chi connectivity index (χ3v) is 4.40. The van der Waals surface area contributed by atoms with Crippen molar-refractivity contribution in [2.24, 2.45) is 0 Å². The van der Waals surface area contributed by atoms with E-state index in [4.69, 9.17) is 34.8 Å². The zero-order valence-corrected chi connectivity index (χ0v) is 13.5. The minimum Gasteiger partial charge on any atom is -0.388 e. The molecule has 0 radical (unpaired) electrons. The lowest BCUT2D eigenvalue weighted by Crippen LogP contribution is -2.09. The summed E-state index contributed by atoms with van der Waals surface area (Å²) >= 11 is 18.1. The molecule has 6 heteroatoms. The van der Waals surface area contributed by atoms with Crippen LogP contribution in [-0.2, 0) is 13.0 Å². The van der Waals surface area contributed by atoms with Crippen LogP contribution in [0.5, 0.6) is 0 Å². The van der Waals surface area contributed by atoms with Crippen LogP contribution in [0.4, 0.5) is 0 Å². The Morgan fingerprint density at radius 3 is 2.55 bits per heavy atom. The van der Waals surface area contributed by atoms with Crippen LogP contribution < -0.4 is 0 Å². The Hall–Kier alpha value is -0.740. The van der Waals surface area contributed by atoms with E-state index in [1.54, 1.807) is 22.9 Å². The normalized spacial score (nSPS) is 12.7. The van der Waals surface area contributed by atoms with Crippen LogP contribution >= 0.6 is 34.8 Å². The van der Waals surface area contributed by atoms with E-state index in [2.05, 4.69) is 5.10 Å². The second-order valence-electron chi connectivity index (χ2n) is 4.56. The van der Waals surface area contributed by atoms with Crippen molar-refractivity contribution in [3.63, 3.8) is 0 Å². The number of aryl methyl sites for hydroxylation is 2. The van der Waals surface area contributed by atoms with Gasteiger partial charge in [0.25, 0.3) is 0 Å². The monoisotopic (exact) mass is 332 g/mol. The van der Waals surface area contributed by atoms with Gasteiger partial charge in [-0.3, -0.25) is 4.68 Å². The fourth-order valence-corrected chi connectivity index (χ4v) is 2.60. The molecule has 0 aliphatic rings. The fraction of sp³-hybridized carbons (Fsp3) is 0.357. The van der Waals surface area contributed by atoms with Gasteiger partial charge in [0.2, 0.25) is 0 Å². The van der Waals surface area contributed by atoms with Gasteiger partial charge in [-0.1, -0.05) is 40.9 Å². The van der Waals surface area contributed by atoms with Gasteiger partial charge in [0.05, 0.1) is 32.6 Å². The Bertz CT molecular complexity index is 625. The second kappa shape index (κ2) is 6.35. The van der Waals surface area contributed by atoms with E-state index in [0.29, 0.717) is 33.6 Å². The first-order valence-corrected chi connectivity index (χ1v) is 7.42. The van der Waals surface area contributed by atoms with Gasteiger partial charge in [-0.15, -0.1) is 0 Å². The van der Waals surface area contributed by atoms with Gasteiger partial charge in [0, 0.05) is 13.0 Å². The number of aromatic nitrogens is 2. The molecular weight excluding hydrogens is 319 g/mol. The standard InChI is InChI=1S/C14H15Cl3N2O/c1-3-19-12(14(17)8(2)18-19)7-13(20)9-4-5-10(15)11(16)6-9/h4-6,13,20H,3,7H2,1-2H3. The average molecular weight is 334 g/mol. The van der Waals surface area contributed by atoms with Crippen molar-refractivity contribution >= 4 is 34.8 Å². The van der Waals surface area contributed by atoms with Crippen molar-refractivity contribution in [3.8, 4) is 0 Å². The Morgan fingerprint density at radius 2 is 1.95 bits per heavy atom. The number of aliphatic hydroxyl groups excluding tert-OH is 1. The largest absolute Gasteiger partial charge is 0.388 e. The van der Waals surface area contributed by atoms with E-state index in [0.717, 1.165) is 11.4 Å². The van der Waals surface area contributed by atoms with Crippen LogP contribution in [0.1, 0.15) is 30.0 Å². The molecule has 1 aromatic heterocycles. The van der Waals surface area contributed by atoms with Crippen molar-refractivity contribution in [1.29, 1.82) is 0 Å². The van der Waals surface area contributed by atoms with Gasteiger partial charge < -0.3 is 5.11 Å². The molecule has 2 aromatic rings. The first-order valence-electron chi connectivity index (χ1n) is 6.28. The van der Waals surface area contributed by atoms with E-state index < -0.39 is 6.10 Å². The van der Waals surface area contributed by atoms with Crippen molar-refractivity contribution < 1.29 is 5.11 Å². The maximum absolute atomic E-state index is 10.3. The lowest BCUT2D eigenvalue weighted by molar-refractivity contribution is 0.175. The summed E-state index contributed by atoms with van der Waals surface area (Å²) in [5.74, 6) is 0. The summed E-state index contributed by atoms with van der Waals surface area (Å²) in [5.41, 5.74) is 2.30. The summed E-state index contributed by atoms with van der Waals surface area (Å²) in [6.07, 6.45) is -0.325. The van der Waals surface area contributed by atoms with Gasteiger partial charge in [0.15, 0.2) is 0 Å². The quantitative estimate of drug-likeness (QED) is 0.897. The number of benzene rings is 1. The van der Waals surface area contributed by atoms with Crippen molar-refractivity contribution in [3.05, 3.63) is 50.2 Å². The molecule has 1 N–H and O–H groups in total. The third-order valence-electron chi connectivity index (χ3n) is 3.17. The van der Waals surface area contributed by atoms with E-state index in [1.807, 2.05) is 13.8 Å². The highest BCUT2D eigenvalue weighted by Gasteiger charge is 2.18. The summed E-state index contributed by atoms with van der Waals surface area (Å²) < 4.78 is 1.80. The van der Waals surface area contributed by atoms with E-state index in [1.165, 1.54) is 0 Å². The molecule has 20 heavy (non-hydrogen) atoms. The Balaban J connectivity index is 2.27. The molecule has 0 saturated heterocycles. The molecule has 0 saturated carbocycles. The molecule has 0 bridgehead atoms. The Labute approximate surface area is 133 Å². The molecule has 1 atom stereocenters. The molecule has 1 heterocycles. The summed E-state index contributed by atoms with van der Waals surface area (Å²) in [5, 5.41) is 16.2. The minimum absolute atomic E-state index is 0.380. The average Bonchev–Trinajstić information content (AvgIpc) is 2.69. The summed E-state index contributed by atoms with van der Waals surface area (Å²) in [6, 6.07) is 5.10. The zero-order chi connectivity index (χ0) is 14.9. The molecule has 1 unspecified atom stereocenters. The molecular formula is C14H15Cl3N2O. The molecule has 3 nitrogen and oxygen atoms in total. The minimum atomic E-state index is -0.705. The molecule has 0 aliphatic carbocycles. The highest BCUT2D eigenvalue weighted by molar-refractivity contribution is 6.42. The van der Waals surface area contributed by atoms with Crippen molar-refractivity contribution in [2.45, 2.75) is 32.9 Å². The lowest BCUT2D eigenvalue weighted by atomic mass is 10.0. The number of hydrogen-bond acceptors (Lipinski definition) is 2. The maximum Gasteiger partial charge on any atom is 0.0848 e. The third kappa shape index (κ3) is 3.12. The predicted molar refractivity (Wildman–Crippen MR) is 82.8 cm³/mol. The number of aliphatic hydroxyl groups is 1. The second-order valence-corrected chi connectivity index (χ2v) is 5.75. The summed E-state index contributed by atoms with van der Waals surface area (Å²) in [7, 11) is 0. The molecule has 0 fully saturated rings. The lowest BCUT2D eigenvalue weighted by Gasteiger charge is -2.13. The zero-order valence-electron chi connectivity index (χ0n) is 11.2. The van der Waals surface area contributed by atoms with Gasteiger partial charge >= 0.3 is 0 Å². The SMILES string of the molecule is CCn1nc(C)c(Cl)c1CC(O)c1ccc(Cl)c(Cl)c1. The summed E-state index contributed by atoms with van der Waals surface area (Å²) in [6.45, 7) is 4.54. The van der Waals surface area contributed by atoms with Crippen LogP contribution in [0.25, 0.3) is 0 Å². The molecule has 1 aromatic carbocycles. The summed E-state index contributed by atoms with van der Waals surface area (Å²) in [4.78, 5) is 0. The Morgan fingerprint density at radius 1 is 1.25 bits per heavy atom. The van der Waals surface area contributed by atoms with Crippen molar-refractivity contribution in [1.82, 2.24) is 9.78 Å². The molecule has 0 amide bonds. The number of nitrogens with zero attached hydrogens (tertiary/aromatic N) is 2. The first-order chi connectivity index (χ1) is 9.43. The van der Waals surface area contributed by atoms with Crippen LogP contribution in [0, 0.1) is 6.92 Å². The van der Waals surface area contributed by atoms with Crippen LogP contribution in [0.2, 0.25) is 15.1 Å². The van der Waals surface area contributed by atoms with Gasteiger partial charge in [-0.2, -0.15) is 5.10 Å². The number of hydrogen-bond donors (Lipinski definition) is 1. The van der Waals surface area contributed by atoms with E-state index in [9.17, 15) is 5.11 Å². The molecule has 0 spiro atoms. The Kier molecular flexibility index (Phi) is 4.97.